The molecule has 1 amide bonds. The second-order valence-electron chi connectivity index (χ2n) is 5.59. The molecule has 0 heterocycles. The van der Waals surface area contributed by atoms with Gasteiger partial charge in [0, 0.05) is 19.1 Å². The molecule has 0 saturated heterocycles. The number of amides is 1. The number of benzene rings is 1. The molecule has 2 rings (SSSR count). The van der Waals surface area contributed by atoms with E-state index in [2.05, 4.69) is 10.6 Å². The van der Waals surface area contributed by atoms with Crippen LogP contribution in [0.1, 0.15) is 38.5 Å². The minimum absolute atomic E-state index is 0. The van der Waals surface area contributed by atoms with Crippen molar-refractivity contribution in [2.75, 3.05) is 19.7 Å². The zero-order chi connectivity index (χ0) is 14.8. The lowest BCUT2D eigenvalue weighted by Crippen LogP contribution is -2.38. The smallest absolute Gasteiger partial charge is 0.257 e. The molecule has 5 heteroatoms. The highest BCUT2D eigenvalue weighted by molar-refractivity contribution is 5.85. The topological polar surface area (TPSA) is 50.4 Å². The van der Waals surface area contributed by atoms with E-state index in [1.54, 1.807) is 0 Å². The van der Waals surface area contributed by atoms with Crippen LogP contribution in [-0.2, 0) is 4.79 Å². The zero-order valence-corrected chi connectivity index (χ0v) is 13.9. The van der Waals surface area contributed by atoms with Gasteiger partial charge in [0.05, 0.1) is 0 Å². The SMILES string of the molecule is Cl.O=C(COc1ccccc1)NCCNC1CCCCCC1. The van der Waals surface area contributed by atoms with Crippen LogP contribution in [0.3, 0.4) is 0 Å². The minimum Gasteiger partial charge on any atom is -0.484 e. The maximum Gasteiger partial charge on any atom is 0.257 e. The van der Waals surface area contributed by atoms with Crippen LogP contribution in [0.25, 0.3) is 0 Å². The fourth-order valence-corrected chi connectivity index (χ4v) is 2.68. The number of rotatable bonds is 7. The molecule has 0 aromatic heterocycles. The van der Waals surface area contributed by atoms with Gasteiger partial charge in [0.1, 0.15) is 5.75 Å². The van der Waals surface area contributed by atoms with Gasteiger partial charge in [-0.1, -0.05) is 43.9 Å². The first kappa shape index (κ1) is 18.8. The lowest BCUT2D eigenvalue weighted by atomic mass is 10.1. The largest absolute Gasteiger partial charge is 0.484 e. The van der Waals surface area contributed by atoms with Crippen LogP contribution >= 0.6 is 12.4 Å². The van der Waals surface area contributed by atoms with E-state index in [4.69, 9.17) is 4.74 Å². The Hall–Kier alpha value is -1.26. The number of carbonyl (C=O) groups excluding carboxylic acids is 1. The van der Waals surface area contributed by atoms with Crippen LogP contribution in [0.2, 0.25) is 0 Å². The summed E-state index contributed by atoms with van der Waals surface area (Å²) in [5.74, 6) is 0.658. The molecule has 22 heavy (non-hydrogen) atoms. The first-order chi connectivity index (χ1) is 10.3. The standard InChI is InChI=1S/C17H26N2O2.ClH/c20-17(14-21-16-10-6-3-7-11-16)19-13-12-18-15-8-4-1-2-5-9-15;/h3,6-7,10-11,15,18H,1-2,4-5,8-9,12-14H2,(H,19,20);1H. The molecule has 1 saturated carbocycles. The molecule has 1 aliphatic carbocycles. The Labute approximate surface area is 139 Å². The predicted octanol–water partition coefficient (Wildman–Crippen LogP) is 2.92. The molecule has 2 N–H and O–H groups in total. The molecule has 1 aliphatic rings. The summed E-state index contributed by atoms with van der Waals surface area (Å²) in [5.41, 5.74) is 0. The lowest BCUT2D eigenvalue weighted by molar-refractivity contribution is -0.123. The van der Waals surface area contributed by atoms with Gasteiger partial charge in [0.25, 0.3) is 5.91 Å². The minimum atomic E-state index is -0.0680. The average Bonchev–Trinajstić information content (AvgIpc) is 2.79. The van der Waals surface area contributed by atoms with E-state index in [1.807, 2.05) is 30.3 Å². The van der Waals surface area contributed by atoms with Crippen LogP contribution < -0.4 is 15.4 Å². The molecular formula is C17H27ClN2O2. The van der Waals surface area contributed by atoms with Crippen LogP contribution in [-0.4, -0.2) is 31.6 Å². The van der Waals surface area contributed by atoms with Gasteiger partial charge in [-0.2, -0.15) is 0 Å². The molecule has 0 unspecified atom stereocenters. The van der Waals surface area contributed by atoms with Gasteiger partial charge in [-0.3, -0.25) is 4.79 Å². The summed E-state index contributed by atoms with van der Waals surface area (Å²) in [6.07, 6.45) is 7.93. The van der Waals surface area contributed by atoms with Crippen molar-refractivity contribution in [2.45, 2.75) is 44.6 Å². The number of halogens is 1. The molecule has 0 aliphatic heterocycles. The first-order valence-electron chi connectivity index (χ1n) is 8.02. The normalized spacial score (nSPS) is 15.5. The number of nitrogens with one attached hydrogen (secondary N) is 2. The summed E-state index contributed by atoms with van der Waals surface area (Å²) in [7, 11) is 0. The van der Waals surface area contributed by atoms with Crippen LogP contribution in [0.4, 0.5) is 0 Å². The summed E-state index contributed by atoms with van der Waals surface area (Å²) in [4.78, 5) is 11.7. The summed E-state index contributed by atoms with van der Waals surface area (Å²) >= 11 is 0. The summed E-state index contributed by atoms with van der Waals surface area (Å²) in [6.45, 7) is 1.57. The molecule has 0 spiro atoms. The molecule has 4 nitrogen and oxygen atoms in total. The monoisotopic (exact) mass is 326 g/mol. The third-order valence-electron chi connectivity index (χ3n) is 3.85. The third-order valence-corrected chi connectivity index (χ3v) is 3.85. The van der Waals surface area contributed by atoms with E-state index >= 15 is 0 Å². The average molecular weight is 327 g/mol. The number of hydrogen-bond acceptors (Lipinski definition) is 3. The van der Waals surface area contributed by atoms with Crippen molar-refractivity contribution in [1.82, 2.24) is 10.6 Å². The summed E-state index contributed by atoms with van der Waals surface area (Å²) < 4.78 is 5.40. The Morgan fingerprint density at radius 1 is 1.05 bits per heavy atom. The summed E-state index contributed by atoms with van der Waals surface area (Å²) in [6, 6.07) is 10.0. The van der Waals surface area contributed by atoms with Gasteiger partial charge in [0.15, 0.2) is 6.61 Å². The summed E-state index contributed by atoms with van der Waals surface area (Å²) in [5, 5.41) is 6.42. The highest BCUT2D eigenvalue weighted by atomic mass is 35.5. The second-order valence-corrected chi connectivity index (χ2v) is 5.59. The number of para-hydroxylation sites is 1. The molecular weight excluding hydrogens is 300 g/mol. The fourth-order valence-electron chi connectivity index (χ4n) is 2.68. The Balaban J connectivity index is 0.00000242. The van der Waals surface area contributed by atoms with E-state index in [1.165, 1.54) is 38.5 Å². The van der Waals surface area contributed by atoms with Gasteiger partial charge >= 0.3 is 0 Å². The van der Waals surface area contributed by atoms with E-state index in [9.17, 15) is 4.79 Å². The Bertz CT molecular complexity index is 406. The third kappa shape index (κ3) is 7.66. The number of hydrogen-bond donors (Lipinski definition) is 2. The van der Waals surface area contributed by atoms with Crippen LogP contribution in [0.5, 0.6) is 5.75 Å². The van der Waals surface area contributed by atoms with Gasteiger partial charge in [-0.25, -0.2) is 0 Å². The number of carbonyl (C=O) groups is 1. The van der Waals surface area contributed by atoms with Crippen molar-refractivity contribution < 1.29 is 9.53 Å². The van der Waals surface area contributed by atoms with Gasteiger partial charge in [-0.15, -0.1) is 12.4 Å². The Kier molecular flexibility index (Phi) is 9.67. The predicted molar refractivity (Wildman–Crippen MR) is 91.7 cm³/mol. The quantitative estimate of drug-likeness (QED) is 0.598. The van der Waals surface area contributed by atoms with Crippen molar-refractivity contribution in [1.29, 1.82) is 0 Å². The van der Waals surface area contributed by atoms with E-state index < -0.39 is 0 Å². The van der Waals surface area contributed by atoms with E-state index in [0.717, 1.165) is 12.3 Å². The van der Waals surface area contributed by atoms with Crippen LogP contribution in [0.15, 0.2) is 30.3 Å². The second kappa shape index (κ2) is 11.3. The van der Waals surface area contributed by atoms with Crippen molar-refractivity contribution >= 4 is 18.3 Å². The molecule has 0 bridgehead atoms. The highest BCUT2D eigenvalue weighted by Gasteiger charge is 2.11. The van der Waals surface area contributed by atoms with E-state index in [-0.39, 0.29) is 24.9 Å². The fraction of sp³-hybridized carbons (Fsp3) is 0.588. The van der Waals surface area contributed by atoms with Gasteiger partial charge in [-0.05, 0) is 25.0 Å². The highest BCUT2D eigenvalue weighted by Crippen LogP contribution is 2.16. The van der Waals surface area contributed by atoms with Crippen LogP contribution in [0, 0.1) is 0 Å². The Morgan fingerprint density at radius 3 is 2.41 bits per heavy atom. The zero-order valence-electron chi connectivity index (χ0n) is 13.1. The van der Waals surface area contributed by atoms with Crippen molar-refractivity contribution in [3.8, 4) is 5.75 Å². The first-order valence-corrected chi connectivity index (χ1v) is 8.02. The van der Waals surface area contributed by atoms with E-state index in [0.29, 0.717) is 12.6 Å². The van der Waals surface area contributed by atoms with Gasteiger partial charge in [0.2, 0.25) is 0 Å². The molecule has 0 radical (unpaired) electrons. The molecule has 1 aromatic rings. The molecule has 124 valence electrons. The molecule has 0 atom stereocenters. The van der Waals surface area contributed by atoms with Crippen molar-refractivity contribution in [3.63, 3.8) is 0 Å². The van der Waals surface area contributed by atoms with Crippen molar-refractivity contribution in [2.24, 2.45) is 0 Å². The number of ether oxygens (including phenoxy) is 1. The molecule has 1 fully saturated rings. The molecule has 1 aromatic carbocycles. The maximum absolute atomic E-state index is 11.7. The lowest BCUT2D eigenvalue weighted by Gasteiger charge is -2.16. The Morgan fingerprint density at radius 2 is 1.73 bits per heavy atom. The maximum atomic E-state index is 11.7. The van der Waals surface area contributed by atoms with Crippen molar-refractivity contribution in [3.05, 3.63) is 30.3 Å². The van der Waals surface area contributed by atoms with Gasteiger partial charge < -0.3 is 15.4 Å².